The molecule has 7 heteroatoms. The van der Waals surface area contributed by atoms with E-state index in [2.05, 4.69) is 26.6 Å². The number of carboxylic acids is 1. The smallest absolute Gasteiger partial charge is 0.337 e. The molecule has 2 aliphatic heterocycles. The molecule has 1 aromatic rings. The number of para-hydroxylation sites is 1. The van der Waals surface area contributed by atoms with Crippen molar-refractivity contribution in [2.75, 3.05) is 5.32 Å². The van der Waals surface area contributed by atoms with Crippen LogP contribution in [0.4, 0.5) is 10.5 Å². The normalized spacial score (nSPS) is 26.6. The number of hydrogen-bond acceptors (Lipinski definition) is 3. The maximum atomic E-state index is 12.1. The van der Waals surface area contributed by atoms with E-state index in [0.717, 1.165) is 19.3 Å². The van der Waals surface area contributed by atoms with E-state index in [0.29, 0.717) is 4.47 Å². The molecule has 2 amide bonds. The summed E-state index contributed by atoms with van der Waals surface area (Å²) in [6.45, 7) is 0. The number of rotatable bonds is 3. The van der Waals surface area contributed by atoms with Crippen molar-refractivity contribution in [3.63, 3.8) is 0 Å². The largest absolute Gasteiger partial charge is 0.478 e. The number of ether oxygens (including phenoxy) is 1. The van der Waals surface area contributed by atoms with E-state index >= 15 is 0 Å². The number of nitrogens with one attached hydrogen (secondary N) is 2. The number of hydrogen-bond donors (Lipinski definition) is 3. The van der Waals surface area contributed by atoms with Gasteiger partial charge in [0.15, 0.2) is 0 Å². The summed E-state index contributed by atoms with van der Waals surface area (Å²) in [4.78, 5) is 23.3. The number of amides is 2. The quantitative estimate of drug-likeness (QED) is 0.778. The van der Waals surface area contributed by atoms with Crippen LogP contribution >= 0.6 is 15.9 Å². The van der Waals surface area contributed by atoms with Gasteiger partial charge in [-0.3, -0.25) is 0 Å². The lowest BCUT2D eigenvalue weighted by Gasteiger charge is -2.20. The molecule has 6 nitrogen and oxygen atoms in total. The second kappa shape index (κ2) is 5.65. The number of carbonyl (C=O) groups is 2. The summed E-state index contributed by atoms with van der Waals surface area (Å²) < 4.78 is 6.21. The van der Waals surface area contributed by atoms with Crippen LogP contribution in [0.15, 0.2) is 22.7 Å². The van der Waals surface area contributed by atoms with Gasteiger partial charge in [-0.2, -0.15) is 0 Å². The Morgan fingerprint density at radius 2 is 2.14 bits per heavy atom. The predicted octanol–water partition coefficient (Wildman–Crippen LogP) is 2.59. The molecular formula is C14H15BrN2O4. The van der Waals surface area contributed by atoms with Gasteiger partial charge in [-0.25, -0.2) is 9.59 Å². The molecule has 0 radical (unpaired) electrons. The Hall–Kier alpha value is -1.60. The average Bonchev–Trinajstić information content (AvgIpc) is 3.03. The predicted molar refractivity (Wildman–Crippen MR) is 79.6 cm³/mol. The zero-order valence-corrected chi connectivity index (χ0v) is 12.7. The van der Waals surface area contributed by atoms with E-state index in [1.807, 2.05) is 0 Å². The molecular weight excluding hydrogens is 340 g/mol. The first-order chi connectivity index (χ1) is 10.0. The lowest BCUT2D eigenvalue weighted by Crippen LogP contribution is -2.43. The monoisotopic (exact) mass is 354 g/mol. The number of benzene rings is 1. The third kappa shape index (κ3) is 2.89. The second-order valence-electron chi connectivity index (χ2n) is 5.28. The number of fused-ring (bicyclic) bond motifs is 2. The van der Waals surface area contributed by atoms with Crippen molar-refractivity contribution in [3.8, 4) is 0 Å². The zero-order valence-electron chi connectivity index (χ0n) is 11.1. The van der Waals surface area contributed by atoms with Crippen LogP contribution in [0.2, 0.25) is 0 Å². The summed E-state index contributed by atoms with van der Waals surface area (Å²) in [5, 5.41) is 14.6. The van der Waals surface area contributed by atoms with Crippen molar-refractivity contribution in [2.45, 2.75) is 37.5 Å². The number of carboxylic acid groups (broad SMARTS) is 1. The Morgan fingerprint density at radius 1 is 1.33 bits per heavy atom. The highest BCUT2D eigenvalue weighted by Gasteiger charge is 2.41. The average molecular weight is 355 g/mol. The van der Waals surface area contributed by atoms with Crippen LogP contribution in [0.3, 0.4) is 0 Å². The van der Waals surface area contributed by atoms with E-state index in [1.54, 1.807) is 12.1 Å². The van der Waals surface area contributed by atoms with Gasteiger partial charge in [0, 0.05) is 4.47 Å². The number of aromatic carboxylic acids is 1. The Balaban J connectivity index is 1.69. The van der Waals surface area contributed by atoms with E-state index in [4.69, 9.17) is 9.84 Å². The van der Waals surface area contributed by atoms with Gasteiger partial charge in [0.2, 0.25) is 0 Å². The second-order valence-corrected chi connectivity index (χ2v) is 6.14. The Bertz CT molecular complexity index is 592. The molecule has 2 aliphatic rings. The van der Waals surface area contributed by atoms with Crippen LogP contribution in [-0.2, 0) is 4.74 Å². The lowest BCUT2D eigenvalue weighted by molar-refractivity contribution is 0.0698. The standard InChI is InChI=1S/C14H15BrN2O4/c15-9-3-1-2-8(13(18)19)12(9)17-14(20)16-10-6-7-4-5-11(10)21-7/h1-3,7,10-11H,4-6H2,(H,18,19)(H2,16,17,20). The van der Waals surface area contributed by atoms with Crippen molar-refractivity contribution >= 4 is 33.6 Å². The van der Waals surface area contributed by atoms with E-state index in [1.165, 1.54) is 6.07 Å². The number of urea groups is 1. The van der Waals surface area contributed by atoms with Gasteiger partial charge in [0.05, 0.1) is 29.5 Å². The highest BCUT2D eigenvalue weighted by atomic mass is 79.9. The van der Waals surface area contributed by atoms with E-state index < -0.39 is 12.0 Å². The number of anilines is 1. The zero-order chi connectivity index (χ0) is 15.0. The molecule has 2 fully saturated rings. The summed E-state index contributed by atoms with van der Waals surface area (Å²) in [6, 6.07) is 4.33. The van der Waals surface area contributed by atoms with Crippen LogP contribution in [0, 0.1) is 0 Å². The molecule has 2 saturated heterocycles. The summed E-state index contributed by atoms with van der Waals surface area (Å²) in [7, 11) is 0. The van der Waals surface area contributed by atoms with Gasteiger partial charge in [0.1, 0.15) is 0 Å². The van der Waals surface area contributed by atoms with Gasteiger partial charge in [-0.1, -0.05) is 6.07 Å². The first kappa shape index (κ1) is 14.3. The molecule has 3 rings (SSSR count). The molecule has 0 aliphatic carbocycles. The van der Waals surface area contributed by atoms with Crippen molar-refractivity contribution in [1.29, 1.82) is 0 Å². The summed E-state index contributed by atoms with van der Waals surface area (Å²) in [5.74, 6) is -1.09. The molecule has 3 unspecified atom stereocenters. The van der Waals surface area contributed by atoms with Crippen LogP contribution < -0.4 is 10.6 Å². The number of halogens is 1. The molecule has 2 heterocycles. The Kier molecular flexibility index (Phi) is 3.86. The highest BCUT2D eigenvalue weighted by molar-refractivity contribution is 9.10. The van der Waals surface area contributed by atoms with Crippen LogP contribution in [0.25, 0.3) is 0 Å². The third-order valence-electron chi connectivity index (χ3n) is 3.91. The Labute approximate surface area is 130 Å². The molecule has 3 N–H and O–H groups in total. The van der Waals surface area contributed by atoms with Gasteiger partial charge < -0.3 is 20.5 Å². The molecule has 2 bridgehead atoms. The summed E-state index contributed by atoms with van der Waals surface area (Å²) in [5.41, 5.74) is 0.301. The molecule has 21 heavy (non-hydrogen) atoms. The van der Waals surface area contributed by atoms with Gasteiger partial charge >= 0.3 is 12.0 Å². The first-order valence-electron chi connectivity index (χ1n) is 6.79. The molecule has 3 atom stereocenters. The fourth-order valence-electron chi connectivity index (χ4n) is 2.94. The van der Waals surface area contributed by atoms with Crippen LogP contribution in [0.1, 0.15) is 29.6 Å². The molecule has 0 saturated carbocycles. The minimum atomic E-state index is -1.09. The van der Waals surface area contributed by atoms with Gasteiger partial charge in [-0.15, -0.1) is 0 Å². The molecule has 1 aromatic carbocycles. The summed E-state index contributed by atoms with van der Waals surface area (Å²) >= 11 is 3.26. The topological polar surface area (TPSA) is 87.7 Å². The summed E-state index contributed by atoms with van der Waals surface area (Å²) in [6.07, 6.45) is 3.17. The van der Waals surface area contributed by atoms with Gasteiger partial charge in [0.25, 0.3) is 0 Å². The maximum Gasteiger partial charge on any atom is 0.337 e. The highest BCUT2D eigenvalue weighted by Crippen LogP contribution is 2.34. The fourth-order valence-corrected chi connectivity index (χ4v) is 3.40. The lowest BCUT2D eigenvalue weighted by atomic mass is 9.96. The van der Waals surface area contributed by atoms with E-state index in [-0.39, 0.29) is 29.5 Å². The molecule has 0 aromatic heterocycles. The Morgan fingerprint density at radius 3 is 2.76 bits per heavy atom. The first-order valence-corrected chi connectivity index (χ1v) is 7.58. The van der Waals surface area contributed by atoms with Crippen molar-refractivity contribution in [3.05, 3.63) is 28.2 Å². The van der Waals surface area contributed by atoms with Crippen LogP contribution in [0.5, 0.6) is 0 Å². The third-order valence-corrected chi connectivity index (χ3v) is 4.57. The molecule has 112 valence electrons. The van der Waals surface area contributed by atoms with Crippen LogP contribution in [-0.4, -0.2) is 35.4 Å². The van der Waals surface area contributed by atoms with Crippen molar-refractivity contribution < 1.29 is 19.4 Å². The van der Waals surface area contributed by atoms with E-state index in [9.17, 15) is 9.59 Å². The minimum absolute atomic E-state index is 0.000448. The SMILES string of the molecule is O=C(Nc1c(Br)cccc1C(=O)O)NC1CC2CCC1O2. The molecule has 0 spiro atoms. The minimum Gasteiger partial charge on any atom is -0.478 e. The van der Waals surface area contributed by atoms with Gasteiger partial charge in [-0.05, 0) is 47.3 Å². The van der Waals surface area contributed by atoms with Crippen molar-refractivity contribution in [1.82, 2.24) is 5.32 Å². The number of carbonyl (C=O) groups excluding carboxylic acids is 1. The maximum absolute atomic E-state index is 12.1. The van der Waals surface area contributed by atoms with Crippen molar-refractivity contribution in [2.24, 2.45) is 0 Å². The fraction of sp³-hybridized carbons (Fsp3) is 0.429.